The Morgan fingerprint density at radius 3 is 2.65 bits per heavy atom. The zero-order valence-electron chi connectivity index (χ0n) is 10.8. The average molecular weight is 306 g/mol. The van der Waals surface area contributed by atoms with Gasteiger partial charge in [0.25, 0.3) is 0 Å². The average Bonchev–Trinajstić information content (AvgIpc) is 2.44. The molecule has 5 heteroatoms. The smallest absolute Gasteiger partial charge is 0.141 e. The van der Waals surface area contributed by atoms with Crippen molar-refractivity contribution in [1.82, 2.24) is 9.97 Å². The minimum atomic E-state index is 0. The first kappa shape index (κ1) is 14.6. The Morgan fingerprint density at radius 1 is 1.00 bits per heavy atom. The van der Waals surface area contributed by atoms with Gasteiger partial charge < -0.3 is 5.32 Å². The van der Waals surface area contributed by atoms with Gasteiger partial charge in [0.1, 0.15) is 12.1 Å². The second kappa shape index (κ2) is 6.07. The normalized spacial score (nSPS) is 10.1. The maximum Gasteiger partial charge on any atom is 0.141 e. The SMILES string of the molecule is Cc1c(Cl)cccc1Nc1ncnc2ccccc12.Cl. The lowest BCUT2D eigenvalue weighted by Gasteiger charge is -2.11. The quantitative estimate of drug-likeness (QED) is 0.742. The molecule has 2 aromatic carbocycles. The molecule has 0 amide bonds. The first-order valence-electron chi connectivity index (χ1n) is 5.97. The van der Waals surface area contributed by atoms with Gasteiger partial charge in [-0.25, -0.2) is 9.97 Å². The summed E-state index contributed by atoms with van der Waals surface area (Å²) in [5.74, 6) is 0.788. The van der Waals surface area contributed by atoms with E-state index in [1.807, 2.05) is 49.4 Å². The van der Waals surface area contributed by atoms with Gasteiger partial charge in [-0.1, -0.05) is 29.8 Å². The number of benzene rings is 2. The summed E-state index contributed by atoms with van der Waals surface area (Å²) in [7, 11) is 0. The monoisotopic (exact) mass is 305 g/mol. The van der Waals surface area contributed by atoms with E-state index >= 15 is 0 Å². The standard InChI is InChI=1S/C15H12ClN3.ClH/c1-10-12(16)6-4-8-13(10)19-15-11-5-2-3-7-14(11)17-9-18-15;/h2-9H,1H3,(H,17,18,19);1H. The third kappa shape index (κ3) is 2.69. The highest BCUT2D eigenvalue weighted by atomic mass is 35.5. The molecule has 0 fully saturated rings. The Hall–Kier alpha value is -1.84. The van der Waals surface area contributed by atoms with Crippen LogP contribution in [0.5, 0.6) is 0 Å². The lowest BCUT2D eigenvalue weighted by atomic mass is 10.2. The molecular weight excluding hydrogens is 293 g/mol. The van der Waals surface area contributed by atoms with Crippen molar-refractivity contribution in [1.29, 1.82) is 0 Å². The van der Waals surface area contributed by atoms with Gasteiger partial charge in [-0.2, -0.15) is 0 Å². The van der Waals surface area contributed by atoms with Crippen LogP contribution in [-0.4, -0.2) is 9.97 Å². The van der Waals surface area contributed by atoms with E-state index in [1.165, 1.54) is 0 Å². The molecule has 0 unspecified atom stereocenters. The number of hydrogen-bond donors (Lipinski definition) is 1. The van der Waals surface area contributed by atoms with E-state index in [2.05, 4.69) is 15.3 Å². The summed E-state index contributed by atoms with van der Waals surface area (Å²) in [5.41, 5.74) is 2.88. The minimum absolute atomic E-state index is 0. The Bertz CT molecular complexity index is 739. The molecule has 0 spiro atoms. The third-order valence-electron chi connectivity index (χ3n) is 3.06. The maximum absolute atomic E-state index is 6.13. The summed E-state index contributed by atoms with van der Waals surface area (Å²) < 4.78 is 0. The highest BCUT2D eigenvalue weighted by Gasteiger charge is 2.06. The van der Waals surface area contributed by atoms with Crippen LogP contribution in [0.4, 0.5) is 11.5 Å². The molecule has 0 aliphatic heterocycles. The molecule has 1 N–H and O–H groups in total. The zero-order valence-corrected chi connectivity index (χ0v) is 12.4. The van der Waals surface area contributed by atoms with Crippen LogP contribution in [-0.2, 0) is 0 Å². The minimum Gasteiger partial charge on any atom is -0.339 e. The second-order valence-electron chi connectivity index (χ2n) is 4.28. The number of aromatic nitrogens is 2. The molecule has 20 heavy (non-hydrogen) atoms. The zero-order chi connectivity index (χ0) is 13.2. The van der Waals surface area contributed by atoms with Crippen molar-refractivity contribution >= 4 is 46.4 Å². The van der Waals surface area contributed by atoms with Crippen molar-refractivity contribution in [2.75, 3.05) is 5.32 Å². The van der Waals surface area contributed by atoms with Crippen molar-refractivity contribution in [3.63, 3.8) is 0 Å². The molecule has 0 saturated carbocycles. The van der Waals surface area contributed by atoms with E-state index in [4.69, 9.17) is 11.6 Å². The lowest BCUT2D eigenvalue weighted by molar-refractivity contribution is 1.21. The predicted octanol–water partition coefficient (Wildman–Crippen LogP) is 4.76. The van der Waals surface area contributed by atoms with Gasteiger partial charge in [-0.15, -0.1) is 12.4 Å². The van der Waals surface area contributed by atoms with E-state index < -0.39 is 0 Å². The van der Waals surface area contributed by atoms with Crippen molar-refractivity contribution < 1.29 is 0 Å². The van der Waals surface area contributed by atoms with E-state index in [0.717, 1.165) is 33.0 Å². The van der Waals surface area contributed by atoms with Crippen LogP contribution >= 0.6 is 24.0 Å². The van der Waals surface area contributed by atoms with Gasteiger partial charge in [0.2, 0.25) is 0 Å². The highest BCUT2D eigenvalue weighted by molar-refractivity contribution is 6.31. The number of halogens is 2. The number of nitrogens with one attached hydrogen (secondary N) is 1. The van der Waals surface area contributed by atoms with Gasteiger partial charge >= 0.3 is 0 Å². The van der Waals surface area contributed by atoms with Gasteiger partial charge in [0, 0.05) is 16.1 Å². The largest absolute Gasteiger partial charge is 0.339 e. The summed E-state index contributed by atoms with van der Waals surface area (Å²) >= 11 is 6.13. The van der Waals surface area contributed by atoms with Gasteiger partial charge in [-0.3, -0.25) is 0 Å². The van der Waals surface area contributed by atoms with Crippen LogP contribution < -0.4 is 5.32 Å². The van der Waals surface area contributed by atoms with Crippen LogP contribution in [0.1, 0.15) is 5.56 Å². The fourth-order valence-corrected chi connectivity index (χ4v) is 2.15. The van der Waals surface area contributed by atoms with E-state index in [0.29, 0.717) is 0 Å². The molecular formula is C15H13Cl2N3. The van der Waals surface area contributed by atoms with Crippen molar-refractivity contribution in [2.45, 2.75) is 6.92 Å². The second-order valence-corrected chi connectivity index (χ2v) is 4.68. The summed E-state index contributed by atoms with van der Waals surface area (Å²) in [6.07, 6.45) is 1.56. The van der Waals surface area contributed by atoms with Crippen LogP contribution in [0.25, 0.3) is 10.9 Å². The molecule has 102 valence electrons. The van der Waals surface area contributed by atoms with E-state index in [1.54, 1.807) is 6.33 Å². The maximum atomic E-state index is 6.13. The molecule has 1 heterocycles. The molecule has 0 saturated heterocycles. The summed E-state index contributed by atoms with van der Waals surface area (Å²) in [4.78, 5) is 8.55. The van der Waals surface area contributed by atoms with E-state index in [-0.39, 0.29) is 12.4 Å². The number of hydrogen-bond acceptors (Lipinski definition) is 3. The Morgan fingerprint density at radius 2 is 1.80 bits per heavy atom. The predicted molar refractivity (Wildman–Crippen MR) is 86.3 cm³/mol. The van der Waals surface area contributed by atoms with Crippen LogP contribution in [0.3, 0.4) is 0 Å². The first-order valence-corrected chi connectivity index (χ1v) is 6.35. The molecule has 0 radical (unpaired) electrons. The number of para-hydroxylation sites is 1. The Kier molecular flexibility index (Phi) is 4.42. The fourth-order valence-electron chi connectivity index (χ4n) is 1.97. The molecule has 3 rings (SSSR count). The van der Waals surface area contributed by atoms with Gasteiger partial charge in [0.05, 0.1) is 5.52 Å². The highest BCUT2D eigenvalue weighted by Crippen LogP contribution is 2.28. The number of rotatable bonds is 2. The molecule has 0 aliphatic rings. The van der Waals surface area contributed by atoms with Gasteiger partial charge in [0.15, 0.2) is 0 Å². The molecule has 1 aromatic heterocycles. The van der Waals surface area contributed by atoms with Gasteiger partial charge in [-0.05, 0) is 36.8 Å². The molecule has 0 bridgehead atoms. The van der Waals surface area contributed by atoms with Crippen molar-refractivity contribution in [3.05, 3.63) is 59.4 Å². The first-order chi connectivity index (χ1) is 9.25. The Balaban J connectivity index is 0.00000147. The third-order valence-corrected chi connectivity index (χ3v) is 3.47. The number of anilines is 2. The molecule has 0 aliphatic carbocycles. The number of nitrogens with zero attached hydrogens (tertiary/aromatic N) is 2. The molecule has 3 nitrogen and oxygen atoms in total. The van der Waals surface area contributed by atoms with E-state index in [9.17, 15) is 0 Å². The van der Waals surface area contributed by atoms with Crippen LogP contribution in [0.15, 0.2) is 48.8 Å². The molecule has 3 aromatic rings. The molecule has 0 atom stereocenters. The summed E-state index contributed by atoms with van der Waals surface area (Å²) in [6, 6.07) is 13.7. The topological polar surface area (TPSA) is 37.8 Å². The lowest BCUT2D eigenvalue weighted by Crippen LogP contribution is -1.97. The van der Waals surface area contributed by atoms with Crippen molar-refractivity contribution in [2.24, 2.45) is 0 Å². The van der Waals surface area contributed by atoms with Crippen LogP contribution in [0.2, 0.25) is 5.02 Å². The number of fused-ring (bicyclic) bond motifs is 1. The van der Waals surface area contributed by atoms with Crippen molar-refractivity contribution in [3.8, 4) is 0 Å². The summed E-state index contributed by atoms with van der Waals surface area (Å²) in [6.45, 7) is 1.98. The summed E-state index contributed by atoms with van der Waals surface area (Å²) in [5, 5.41) is 5.05. The van der Waals surface area contributed by atoms with Crippen LogP contribution in [0, 0.1) is 6.92 Å². The fraction of sp³-hybridized carbons (Fsp3) is 0.0667. The Labute approximate surface area is 128 Å².